The summed E-state index contributed by atoms with van der Waals surface area (Å²) in [5.74, 6) is 0.387. The summed E-state index contributed by atoms with van der Waals surface area (Å²) in [5.41, 5.74) is 1.90. The molecule has 0 saturated carbocycles. The molecular weight excluding hydrogens is 412 g/mol. The van der Waals surface area contributed by atoms with Gasteiger partial charge in [-0.05, 0) is 30.0 Å². The molecule has 1 atom stereocenters. The lowest BCUT2D eigenvalue weighted by Gasteiger charge is -2.17. The van der Waals surface area contributed by atoms with Gasteiger partial charge in [0.05, 0.1) is 5.75 Å². The van der Waals surface area contributed by atoms with Crippen LogP contribution in [-0.4, -0.2) is 44.7 Å². The van der Waals surface area contributed by atoms with Gasteiger partial charge in [-0.15, -0.1) is 0 Å². The standard InChI is InChI=1S/C23H38N4O3S/c1-3-4-5-6-7-8-20(2)13-15-26-16-17-27(23(26)28)22-11-9-21(10-12-22)19-25-14-18-31(24,29)30/h9-13,15,20,25H,3-8,14,16-19H2,1-2H3,(H2,24,29,30)/b15-13+. The average molecular weight is 451 g/mol. The molecule has 8 heteroatoms. The molecule has 0 radical (unpaired) electrons. The van der Waals surface area contributed by atoms with Gasteiger partial charge < -0.3 is 5.32 Å². The topological polar surface area (TPSA) is 95.7 Å². The molecule has 1 heterocycles. The second-order valence-corrected chi connectivity index (χ2v) is 10.1. The Morgan fingerprint density at radius 1 is 1.13 bits per heavy atom. The Labute approximate surface area is 187 Å². The molecule has 1 fully saturated rings. The lowest BCUT2D eigenvalue weighted by molar-refractivity contribution is 0.233. The van der Waals surface area contributed by atoms with Crippen molar-refractivity contribution in [1.29, 1.82) is 0 Å². The van der Waals surface area contributed by atoms with E-state index in [2.05, 4.69) is 25.2 Å². The first-order chi connectivity index (χ1) is 14.8. The average Bonchev–Trinajstić information content (AvgIpc) is 3.09. The number of nitrogens with zero attached hydrogens (tertiary/aromatic N) is 2. The zero-order chi connectivity index (χ0) is 22.7. The number of carbonyl (C=O) groups is 1. The number of sulfonamides is 1. The number of hydrogen-bond acceptors (Lipinski definition) is 4. The first-order valence-electron chi connectivity index (χ1n) is 11.4. The zero-order valence-electron chi connectivity index (χ0n) is 18.9. The summed E-state index contributed by atoms with van der Waals surface area (Å²) < 4.78 is 21.9. The molecule has 3 N–H and O–H groups in total. The van der Waals surface area contributed by atoms with Crippen LogP contribution in [0.5, 0.6) is 0 Å². The Morgan fingerprint density at radius 3 is 2.52 bits per heavy atom. The number of nitrogens with two attached hydrogens (primary N) is 1. The van der Waals surface area contributed by atoms with Gasteiger partial charge in [0.15, 0.2) is 0 Å². The fourth-order valence-corrected chi connectivity index (χ4v) is 4.02. The molecule has 0 aliphatic carbocycles. The number of rotatable bonds is 14. The van der Waals surface area contributed by atoms with Crippen molar-refractivity contribution in [3.8, 4) is 0 Å². The first-order valence-corrected chi connectivity index (χ1v) is 13.1. The van der Waals surface area contributed by atoms with Crippen molar-refractivity contribution in [3.05, 3.63) is 42.1 Å². The van der Waals surface area contributed by atoms with E-state index in [1.807, 2.05) is 30.5 Å². The van der Waals surface area contributed by atoms with E-state index in [1.165, 1.54) is 38.5 Å². The molecule has 2 rings (SSSR count). The summed E-state index contributed by atoms with van der Waals surface area (Å²) in [5, 5.41) is 8.05. The predicted molar refractivity (Wildman–Crippen MR) is 127 cm³/mol. The van der Waals surface area contributed by atoms with Gasteiger partial charge in [-0.25, -0.2) is 18.4 Å². The third-order valence-corrected chi connectivity index (χ3v) is 6.31. The number of nitrogens with one attached hydrogen (secondary N) is 1. The van der Waals surface area contributed by atoms with Crippen LogP contribution in [0.1, 0.15) is 57.9 Å². The monoisotopic (exact) mass is 450 g/mol. The fourth-order valence-electron chi connectivity index (χ4n) is 3.59. The van der Waals surface area contributed by atoms with Crippen molar-refractivity contribution < 1.29 is 13.2 Å². The van der Waals surface area contributed by atoms with Crippen LogP contribution >= 0.6 is 0 Å². The summed E-state index contributed by atoms with van der Waals surface area (Å²) in [6.07, 6.45) is 11.7. The predicted octanol–water partition coefficient (Wildman–Crippen LogP) is 3.82. The van der Waals surface area contributed by atoms with Gasteiger partial charge in [-0.1, -0.05) is 64.2 Å². The van der Waals surface area contributed by atoms with E-state index in [1.54, 1.807) is 9.80 Å². The van der Waals surface area contributed by atoms with Crippen LogP contribution in [-0.2, 0) is 16.6 Å². The van der Waals surface area contributed by atoms with Gasteiger partial charge in [0.25, 0.3) is 0 Å². The molecule has 0 bridgehead atoms. The van der Waals surface area contributed by atoms with Crippen molar-refractivity contribution in [3.63, 3.8) is 0 Å². The van der Waals surface area contributed by atoms with E-state index in [0.29, 0.717) is 32.1 Å². The number of carbonyl (C=O) groups excluding carboxylic acids is 1. The molecule has 2 amide bonds. The van der Waals surface area contributed by atoms with Crippen LogP contribution in [0.2, 0.25) is 0 Å². The number of anilines is 1. The molecule has 0 spiro atoms. The van der Waals surface area contributed by atoms with Gasteiger partial charge in [-0.3, -0.25) is 9.80 Å². The van der Waals surface area contributed by atoms with E-state index in [4.69, 9.17) is 5.14 Å². The van der Waals surface area contributed by atoms with Crippen LogP contribution in [0.25, 0.3) is 0 Å². The maximum Gasteiger partial charge on any atom is 0.328 e. The van der Waals surface area contributed by atoms with Crippen molar-refractivity contribution in [2.24, 2.45) is 11.1 Å². The Kier molecular flexibility index (Phi) is 10.5. The van der Waals surface area contributed by atoms with Crippen LogP contribution in [0.15, 0.2) is 36.5 Å². The number of allylic oxidation sites excluding steroid dienone is 1. The summed E-state index contributed by atoms with van der Waals surface area (Å²) in [6.45, 7) is 6.66. The summed E-state index contributed by atoms with van der Waals surface area (Å²) in [4.78, 5) is 16.3. The van der Waals surface area contributed by atoms with E-state index < -0.39 is 10.0 Å². The van der Waals surface area contributed by atoms with E-state index in [9.17, 15) is 13.2 Å². The second kappa shape index (κ2) is 12.8. The van der Waals surface area contributed by atoms with Crippen molar-refractivity contribution in [1.82, 2.24) is 10.2 Å². The minimum absolute atomic E-state index is 0.00502. The lowest BCUT2D eigenvalue weighted by atomic mass is 10.0. The molecule has 1 aromatic carbocycles. The highest BCUT2D eigenvalue weighted by Crippen LogP contribution is 2.22. The molecule has 31 heavy (non-hydrogen) atoms. The molecule has 1 saturated heterocycles. The highest BCUT2D eigenvalue weighted by Gasteiger charge is 2.28. The third-order valence-electron chi connectivity index (χ3n) is 5.54. The van der Waals surface area contributed by atoms with Gasteiger partial charge in [0.1, 0.15) is 0 Å². The minimum Gasteiger partial charge on any atom is -0.312 e. The molecule has 0 aromatic heterocycles. The Bertz CT molecular complexity index is 809. The fraction of sp³-hybridized carbons (Fsp3) is 0.609. The number of unbranched alkanes of at least 4 members (excludes halogenated alkanes) is 4. The van der Waals surface area contributed by atoms with Gasteiger partial charge in [0.2, 0.25) is 10.0 Å². The molecule has 7 nitrogen and oxygen atoms in total. The smallest absolute Gasteiger partial charge is 0.312 e. The maximum atomic E-state index is 12.8. The summed E-state index contributed by atoms with van der Waals surface area (Å²) >= 11 is 0. The molecular formula is C23H38N4O3S. The van der Waals surface area contributed by atoms with Crippen molar-refractivity contribution in [2.45, 2.75) is 58.9 Å². The van der Waals surface area contributed by atoms with E-state index in [-0.39, 0.29) is 11.8 Å². The number of benzene rings is 1. The quantitative estimate of drug-likeness (QED) is 0.421. The number of hydrogen-bond donors (Lipinski definition) is 2. The van der Waals surface area contributed by atoms with Crippen LogP contribution < -0.4 is 15.4 Å². The molecule has 1 aliphatic rings. The van der Waals surface area contributed by atoms with Crippen LogP contribution in [0.3, 0.4) is 0 Å². The minimum atomic E-state index is -3.44. The van der Waals surface area contributed by atoms with Gasteiger partial charge in [0, 0.05) is 38.1 Å². The van der Waals surface area contributed by atoms with Crippen molar-refractivity contribution >= 4 is 21.7 Å². The van der Waals surface area contributed by atoms with Gasteiger partial charge in [-0.2, -0.15) is 0 Å². The molecule has 1 aliphatic heterocycles. The largest absolute Gasteiger partial charge is 0.328 e. The Hall–Kier alpha value is -1.90. The van der Waals surface area contributed by atoms with E-state index in [0.717, 1.165) is 11.3 Å². The highest BCUT2D eigenvalue weighted by atomic mass is 32.2. The number of primary sulfonamides is 1. The first kappa shape index (κ1) is 25.4. The highest BCUT2D eigenvalue weighted by molar-refractivity contribution is 7.89. The Morgan fingerprint density at radius 2 is 1.84 bits per heavy atom. The summed E-state index contributed by atoms with van der Waals surface area (Å²) in [6, 6.07) is 7.77. The Balaban J connectivity index is 1.77. The maximum absolute atomic E-state index is 12.8. The van der Waals surface area contributed by atoms with E-state index >= 15 is 0 Å². The van der Waals surface area contributed by atoms with Crippen LogP contribution in [0.4, 0.5) is 10.5 Å². The SMILES string of the molecule is CCCCCCCC(C)/C=C/N1CCN(c2ccc(CNCCS(N)(=O)=O)cc2)C1=O. The molecule has 1 aromatic rings. The zero-order valence-corrected chi connectivity index (χ0v) is 19.7. The third kappa shape index (κ3) is 9.41. The number of amides is 2. The number of urea groups is 1. The normalized spacial score (nSPS) is 15.9. The van der Waals surface area contributed by atoms with Gasteiger partial charge >= 0.3 is 6.03 Å². The summed E-state index contributed by atoms with van der Waals surface area (Å²) in [7, 11) is -3.44. The molecule has 1 unspecified atom stereocenters. The second-order valence-electron chi connectivity index (χ2n) is 8.36. The lowest BCUT2D eigenvalue weighted by Crippen LogP contribution is -2.29. The van der Waals surface area contributed by atoms with Crippen molar-refractivity contribution in [2.75, 3.05) is 30.3 Å². The van der Waals surface area contributed by atoms with Crippen LogP contribution in [0, 0.1) is 5.92 Å². The molecule has 174 valence electrons.